The molecule has 2 aromatic heterocycles. The molecule has 1 N–H and O–H groups in total. The van der Waals surface area contributed by atoms with Crippen molar-refractivity contribution in [3.05, 3.63) is 115 Å². The molecule has 2 heterocycles. The molecule has 0 aliphatic rings. The molecule has 0 fully saturated rings. The van der Waals surface area contributed by atoms with Crippen LogP contribution in [0.25, 0.3) is 60.4 Å². The molecule has 0 unspecified atom stereocenters. The molecule has 7 rings (SSSR count). The molecule has 0 aliphatic carbocycles. The largest absolute Gasteiger partial charge is 0.355 e. The van der Waals surface area contributed by atoms with E-state index in [9.17, 15) is 0 Å². The molecule has 5 aromatic carbocycles. The van der Waals surface area contributed by atoms with Gasteiger partial charge in [0, 0.05) is 940 Å². The Morgan fingerprint density at radius 3 is 0.549 bits per heavy atom. The lowest BCUT2D eigenvalue weighted by atomic mass is 10.0. The summed E-state index contributed by atoms with van der Waals surface area (Å²) in [5.74, 6) is 0. The molecular weight excluding hydrogens is 3630 g/mol. The van der Waals surface area contributed by atoms with Crippen LogP contribution in [0.3, 0.4) is 0 Å². The molecule has 0 saturated heterocycles. The highest BCUT2D eigenvalue weighted by Gasteiger charge is 2.14. The monoisotopic (exact) mass is 3640 g/mol. The minimum Gasteiger partial charge on any atom is -0.355 e. The number of benzene rings is 5. The van der Waals surface area contributed by atoms with Gasteiger partial charge in [0.05, 0.1) is 11.0 Å². The van der Waals surface area contributed by atoms with Gasteiger partial charge in [-0.05, 0) is 59.7 Å². The molecular formula is C30H20N2S101. The van der Waals surface area contributed by atoms with Crippen molar-refractivity contribution in [2.45, 2.75) is 0 Å². The predicted octanol–water partition coefficient (Wildman–Crippen LogP) is 7.84. The van der Waals surface area contributed by atoms with E-state index in [1.807, 2.05) is 755 Å². The highest BCUT2D eigenvalue weighted by molar-refractivity contribution is 8.87. The van der Waals surface area contributed by atoms with Gasteiger partial charge in [0.15, 0.2) is 0 Å². The summed E-state index contributed by atoms with van der Waals surface area (Å²) in [6, 6.07) is 41.4. The summed E-state index contributed by atoms with van der Waals surface area (Å²) in [5, 5.41) is 5.10. The summed E-state index contributed by atoms with van der Waals surface area (Å²) in [4.78, 5) is 3.53. The third-order valence-electron chi connectivity index (χ3n) is 9.25. The highest BCUT2D eigenvalue weighted by Crippen LogP contribution is 2.36. The van der Waals surface area contributed by atoms with Crippen LogP contribution >= 0.6 is 0 Å². The van der Waals surface area contributed by atoms with E-state index in [0.717, 1.165) is 0 Å². The molecule has 2 nitrogen and oxygen atoms in total. The summed E-state index contributed by atoms with van der Waals surface area (Å²) in [6.07, 6.45) is 0. The maximum absolute atomic E-state index is 4.83. The van der Waals surface area contributed by atoms with Crippen molar-refractivity contribution in [1.82, 2.24) is 9.55 Å². The first kappa shape index (κ1) is 140. The van der Waals surface area contributed by atoms with Crippen LogP contribution < -0.4 is 0 Å². The Kier molecular flexibility index (Phi) is 117. The van der Waals surface area contributed by atoms with Crippen LogP contribution in [0, 0.1) is 0 Å². The van der Waals surface area contributed by atoms with Gasteiger partial charge in [-0.15, -0.1) is 0 Å². The zero-order chi connectivity index (χ0) is 93.1. The van der Waals surface area contributed by atoms with Gasteiger partial charge in [0.2, 0.25) is 0 Å². The maximum Gasteiger partial charge on any atom is 0.0541 e. The van der Waals surface area contributed by atoms with E-state index in [4.69, 9.17) is 22.4 Å². The van der Waals surface area contributed by atoms with E-state index in [1.165, 1.54) is 78.2 Å². The van der Waals surface area contributed by atoms with E-state index in [0.29, 0.717) is 0 Å². The van der Waals surface area contributed by atoms with Crippen LogP contribution in [-0.2, 0) is 902 Å². The second-order valence-electron chi connectivity index (χ2n) is 15.1. The lowest BCUT2D eigenvalue weighted by Gasteiger charge is -2.08. The maximum atomic E-state index is 4.83. The van der Waals surface area contributed by atoms with Crippen LogP contribution in [0.2, 0.25) is 0 Å². The summed E-state index contributed by atoms with van der Waals surface area (Å²) in [5.41, 5.74) is 8.48. The smallest absolute Gasteiger partial charge is 0.0541 e. The molecule has 0 spiro atoms. The first-order valence-corrected chi connectivity index (χ1v) is 161. The average molecular weight is 3650 g/mol. The van der Waals surface area contributed by atoms with Crippen molar-refractivity contribution >= 4 is 945 Å². The van der Waals surface area contributed by atoms with E-state index >= 15 is 0 Å². The number of fused-ring (bicyclic) bond motifs is 6. The summed E-state index contributed by atoms with van der Waals surface area (Å²) < 4.78 is 2.36. The summed E-state index contributed by atoms with van der Waals surface area (Å²) in [6.45, 7) is 0. The van der Waals surface area contributed by atoms with Gasteiger partial charge in [0.1, 0.15) is 0 Å². The zero-order valence-electron chi connectivity index (χ0n) is 58.6. The van der Waals surface area contributed by atoms with Gasteiger partial charge >= 0.3 is 0 Å². The minimum atomic E-state index is 1.18. The fourth-order valence-electron chi connectivity index (χ4n) is 6.14. The van der Waals surface area contributed by atoms with Gasteiger partial charge in [-0.25, -0.2) is 0 Å². The Hall–Kier alpha value is 17.9. The lowest BCUT2D eigenvalue weighted by molar-refractivity contribution is 1.18. The number of rotatable bonds is 2. The van der Waals surface area contributed by atoms with Crippen molar-refractivity contribution in [1.29, 1.82) is 0 Å². The topological polar surface area (TPSA) is 20.7 Å². The van der Waals surface area contributed by atoms with Gasteiger partial charge in [-0.1, -0.05) is 66.7 Å². The van der Waals surface area contributed by atoms with Crippen molar-refractivity contribution in [3.8, 4) is 16.8 Å². The SMILES string of the molecule is S=S=S=S=S=S=S=S=S=S=S=S=S=S=S=S=S=S=S=S=S=S=S=S=S=S=S=S=S=S=S=S=S=S=S=S=S=S=S=S=S=S=S=S=S=S=S=S=S=S=S=S=S=S=S=S=S=S=S=S=S=S=S=S=S=S=S=S=S=S=S=S=S=S=S=S=S=S=S=S=S=S=S=S=S=S=S=S=S=S=S=S=S=S=S=S=S=S=S=S=S.c1ccc(-n2c3ccccc3c3cc(-c4ccc5[nH]c6ccccc6c5c4)ccc32)cc1. The molecule has 103 heteroatoms. The first-order valence-electron chi connectivity index (χ1n) is 27.6. The average Bonchev–Trinajstić information content (AvgIpc) is 1.59. The molecule has 0 radical (unpaired) electrons. The number of hydrogen-bond donors (Lipinski definition) is 1. The second-order valence-corrected chi connectivity index (χ2v) is 190. The van der Waals surface area contributed by atoms with Gasteiger partial charge in [-0.2, -0.15) is 0 Å². The Morgan fingerprint density at radius 2 is 0.316 bits per heavy atom. The quantitative estimate of drug-likeness (QED) is 0.191. The summed E-state index contributed by atoms with van der Waals surface area (Å²) >= 11 is 9.66. The third-order valence-corrected chi connectivity index (χ3v) is 227. The van der Waals surface area contributed by atoms with Crippen molar-refractivity contribution in [2.75, 3.05) is 0 Å². The van der Waals surface area contributed by atoms with E-state index in [1.54, 1.807) is 107 Å². The number of aromatic amines is 1. The Bertz CT molecular complexity index is 10400. The third kappa shape index (κ3) is 82.1. The fourth-order valence-corrected chi connectivity index (χ4v) is 272. The van der Waals surface area contributed by atoms with Gasteiger partial charge in [0.25, 0.3) is 0 Å². The Balaban J connectivity index is 0.000000690. The number of nitrogens with zero attached hydrogens (tertiary/aromatic N) is 1. The predicted molar refractivity (Wildman–Crippen MR) is 879 cm³/mol. The minimum absolute atomic E-state index is 1.18. The molecule has 0 saturated carbocycles. The molecule has 756 valence electrons. The van der Waals surface area contributed by atoms with Gasteiger partial charge in [-0.3, -0.25) is 0 Å². The number of hydrogen-bond acceptors (Lipinski definition) is 2. The molecule has 7 aromatic rings. The number of aromatic nitrogens is 2. The van der Waals surface area contributed by atoms with Crippen LogP contribution in [0.4, 0.5) is 0 Å². The van der Waals surface area contributed by atoms with Crippen molar-refractivity contribution in [2.24, 2.45) is 0 Å². The molecule has 0 atom stereocenters. The van der Waals surface area contributed by atoms with Crippen molar-refractivity contribution in [3.63, 3.8) is 0 Å². The number of para-hydroxylation sites is 3. The van der Waals surface area contributed by atoms with Crippen LogP contribution in [0.15, 0.2) is 115 Å². The number of nitrogens with one attached hydrogen (secondary N) is 1. The van der Waals surface area contributed by atoms with Crippen LogP contribution in [0.5, 0.6) is 0 Å². The zero-order valence-corrected chi connectivity index (χ0v) is 141. The normalized spacial score (nSPS) is 8.81. The highest BCUT2D eigenvalue weighted by atomic mass is 33.6. The fraction of sp³-hybridized carbons (Fsp3) is 0. The molecule has 0 aliphatic heterocycles. The molecule has 0 bridgehead atoms. The van der Waals surface area contributed by atoms with E-state index in [-0.39, 0.29) is 0 Å². The van der Waals surface area contributed by atoms with Crippen molar-refractivity contribution < 1.29 is 0 Å². The summed E-state index contributed by atoms with van der Waals surface area (Å²) in [7, 11) is 179. The molecule has 0 amide bonds. The lowest BCUT2D eigenvalue weighted by Crippen LogP contribution is -1.92. The first-order chi connectivity index (χ1) is 66.3. The van der Waals surface area contributed by atoms with E-state index < -0.39 is 0 Å². The molecule has 133 heavy (non-hydrogen) atoms. The van der Waals surface area contributed by atoms with Crippen LogP contribution in [-0.4, -0.2) is 9.55 Å². The van der Waals surface area contributed by atoms with Gasteiger partial charge < -0.3 is 9.55 Å². The Morgan fingerprint density at radius 1 is 0.143 bits per heavy atom. The van der Waals surface area contributed by atoms with Crippen LogP contribution in [0.1, 0.15) is 0 Å². The standard InChI is InChI=1S/C30H20N2.S101/c1-2-8-22(9-3-1)32-29-13-7-5-11-24(29)26-19-21(15-17-30(26)32)20-14-16-28-25(18-20)23-10-4-6-12-27(23)31-28;1-3-5-7-9-11-13-15-17-19-21-23-25-27-29-31-33-35-37-39-41-43-45-47-49-51-53-55-57-59-61-63-65-67-69-71-73-75-77-79-81-83-85-87-89-91-93-95-97-99-101-100-98-96-94-92-90-88-86-84-82-80-78-76-74-72-70-68-66-64-62-60-58-56-54-52-50-48-46-44-42-40-38-36-34-32-30-28-26-24-22-20-18-16-14-12-10-8-6-4-2/h1-19,31H;. The second kappa shape index (κ2) is 111. The number of H-pyrrole nitrogens is 1. The van der Waals surface area contributed by atoms with E-state index in [2.05, 4.69) is 125 Å². The Labute approximate surface area is 1060 Å².